The van der Waals surface area contributed by atoms with Crippen LogP contribution in [-0.4, -0.2) is 18.1 Å². The molecule has 0 radical (unpaired) electrons. The molecule has 3 nitrogen and oxygen atoms in total. The van der Waals surface area contributed by atoms with Gasteiger partial charge in [-0.3, -0.25) is 4.79 Å². The van der Waals surface area contributed by atoms with Crippen molar-refractivity contribution in [2.75, 3.05) is 6.61 Å². The van der Waals surface area contributed by atoms with Crippen LogP contribution in [0.2, 0.25) is 0 Å². The second-order valence-electron chi connectivity index (χ2n) is 5.89. The van der Waals surface area contributed by atoms with Crippen LogP contribution in [0.25, 0.3) is 0 Å². The maximum absolute atomic E-state index is 11.5. The number of rotatable bonds is 11. The van der Waals surface area contributed by atoms with E-state index in [4.69, 9.17) is 10.5 Å². The van der Waals surface area contributed by atoms with Gasteiger partial charge in [-0.2, -0.15) is 0 Å². The Morgan fingerprint density at radius 2 is 1.53 bits per heavy atom. The molecule has 0 aliphatic heterocycles. The zero-order valence-corrected chi connectivity index (χ0v) is 13.6. The summed E-state index contributed by atoms with van der Waals surface area (Å²) >= 11 is 0. The highest BCUT2D eigenvalue weighted by Gasteiger charge is 2.33. The monoisotopic (exact) mass is 271 g/mol. The van der Waals surface area contributed by atoms with E-state index in [9.17, 15) is 4.79 Å². The average Bonchev–Trinajstić information content (AvgIpc) is 2.42. The maximum atomic E-state index is 11.5. The Morgan fingerprint density at radius 1 is 1.00 bits per heavy atom. The lowest BCUT2D eigenvalue weighted by Crippen LogP contribution is -2.45. The minimum Gasteiger partial charge on any atom is -0.367 e. The second kappa shape index (κ2) is 8.57. The van der Waals surface area contributed by atoms with Crippen molar-refractivity contribution in [1.82, 2.24) is 0 Å². The number of carbonyl (C=O) groups excluding carboxylic acids is 1. The Bertz CT molecular complexity index is 255. The first-order chi connectivity index (χ1) is 8.89. The van der Waals surface area contributed by atoms with E-state index in [1.165, 1.54) is 19.3 Å². The molecule has 0 aromatic rings. The summed E-state index contributed by atoms with van der Waals surface area (Å²) in [4.78, 5) is 11.5. The largest absolute Gasteiger partial charge is 0.367 e. The van der Waals surface area contributed by atoms with Gasteiger partial charge in [-0.1, -0.05) is 53.9 Å². The SMILES string of the molecule is CCC(C)(CC)CCCCOC(CC)(CC)C(N)=O. The molecule has 3 heteroatoms. The van der Waals surface area contributed by atoms with E-state index in [1.807, 2.05) is 13.8 Å². The van der Waals surface area contributed by atoms with Crippen molar-refractivity contribution in [3.8, 4) is 0 Å². The molecule has 1 amide bonds. The second-order valence-corrected chi connectivity index (χ2v) is 5.89. The quantitative estimate of drug-likeness (QED) is 0.576. The minimum atomic E-state index is -0.751. The van der Waals surface area contributed by atoms with Crippen LogP contribution in [0, 0.1) is 5.41 Å². The lowest BCUT2D eigenvalue weighted by atomic mass is 9.80. The number of ether oxygens (including phenoxy) is 1. The summed E-state index contributed by atoms with van der Waals surface area (Å²) in [5.41, 5.74) is 5.16. The number of hydrogen-bond acceptors (Lipinski definition) is 2. The fourth-order valence-electron chi connectivity index (χ4n) is 2.40. The third-order valence-corrected chi connectivity index (χ3v) is 4.85. The van der Waals surface area contributed by atoms with E-state index in [2.05, 4.69) is 20.8 Å². The number of amides is 1. The summed E-state index contributed by atoms with van der Waals surface area (Å²) in [6, 6.07) is 0. The van der Waals surface area contributed by atoms with E-state index in [1.54, 1.807) is 0 Å². The fourth-order valence-corrected chi connectivity index (χ4v) is 2.40. The standard InChI is InChI=1S/C16H33NO2/c1-6-15(5,7-2)12-10-11-13-19-16(8-3,9-4)14(17)18/h6-13H2,1-5H3,(H2,17,18). The molecule has 2 N–H and O–H groups in total. The fraction of sp³-hybridized carbons (Fsp3) is 0.938. The highest BCUT2D eigenvalue weighted by Crippen LogP contribution is 2.31. The number of carbonyl (C=O) groups is 1. The molecule has 0 aliphatic rings. The van der Waals surface area contributed by atoms with Crippen LogP contribution >= 0.6 is 0 Å². The third kappa shape index (κ3) is 5.52. The molecule has 0 saturated heterocycles. The highest BCUT2D eigenvalue weighted by atomic mass is 16.5. The Labute approximate surface area is 119 Å². The van der Waals surface area contributed by atoms with E-state index < -0.39 is 5.60 Å². The van der Waals surface area contributed by atoms with Crippen LogP contribution < -0.4 is 5.73 Å². The molecule has 0 fully saturated rings. The van der Waals surface area contributed by atoms with Gasteiger partial charge in [0.05, 0.1) is 0 Å². The smallest absolute Gasteiger partial charge is 0.249 e. The van der Waals surface area contributed by atoms with Crippen molar-refractivity contribution in [1.29, 1.82) is 0 Å². The van der Waals surface area contributed by atoms with Gasteiger partial charge < -0.3 is 10.5 Å². The van der Waals surface area contributed by atoms with Gasteiger partial charge in [0.1, 0.15) is 5.60 Å². The molecule has 0 heterocycles. The molecule has 0 spiro atoms. The van der Waals surface area contributed by atoms with Gasteiger partial charge in [-0.15, -0.1) is 0 Å². The van der Waals surface area contributed by atoms with Gasteiger partial charge in [0.2, 0.25) is 5.91 Å². The zero-order valence-electron chi connectivity index (χ0n) is 13.6. The van der Waals surface area contributed by atoms with Gasteiger partial charge in [0, 0.05) is 6.61 Å². The van der Waals surface area contributed by atoms with E-state index in [0.717, 1.165) is 12.8 Å². The van der Waals surface area contributed by atoms with Crippen LogP contribution in [0.4, 0.5) is 0 Å². The summed E-state index contributed by atoms with van der Waals surface area (Å²) < 4.78 is 5.80. The average molecular weight is 271 g/mol. The number of nitrogens with two attached hydrogens (primary N) is 1. The van der Waals surface area contributed by atoms with E-state index >= 15 is 0 Å². The molecular weight excluding hydrogens is 238 g/mol. The van der Waals surface area contributed by atoms with E-state index in [0.29, 0.717) is 24.9 Å². The Balaban J connectivity index is 4.06. The summed E-state index contributed by atoms with van der Waals surface area (Å²) in [5.74, 6) is -0.329. The van der Waals surface area contributed by atoms with E-state index in [-0.39, 0.29) is 5.91 Å². The van der Waals surface area contributed by atoms with Gasteiger partial charge in [0.25, 0.3) is 0 Å². The van der Waals surface area contributed by atoms with Gasteiger partial charge in [0.15, 0.2) is 0 Å². The molecule has 0 unspecified atom stereocenters. The zero-order chi connectivity index (χ0) is 14.9. The molecule has 0 aromatic heterocycles. The molecule has 0 atom stereocenters. The summed E-state index contributed by atoms with van der Waals surface area (Å²) in [5, 5.41) is 0. The lowest BCUT2D eigenvalue weighted by Gasteiger charge is -2.29. The molecule has 114 valence electrons. The van der Waals surface area contributed by atoms with Crippen LogP contribution in [0.5, 0.6) is 0 Å². The molecule has 19 heavy (non-hydrogen) atoms. The van der Waals surface area contributed by atoms with Crippen LogP contribution in [0.15, 0.2) is 0 Å². The Kier molecular flexibility index (Phi) is 8.31. The third-order valence-electron chi connectivity index (χ3n) is 4.85. The normalized spacial score (nSPS) is 12.7. The van der Waals surface area contributed by atoms with Crippen molar-refractivity contribution >= 4 is 5.91 Å². The molecule has 0 bridgehead atoms. The predicted molar refractivity (Wildman–Crippen MR) is 81.0 cm³/mol. The van der Waals surface area contributed by atoms with Gasteiger partial charge in [-0.25, -0.2) is 0 Å². The number of hydrogen-bond donors (Lipinski definition) is 1. The summed E-state index contributed by atoms with van der Waals surface area (Å²) in [6.45, 7) is 11.4. The maximum Gasteiger partial charge on any atom is 0.249 e. The molecule has 0 aliphatic carbocycles. The first kappa shape index (κ1) is 18.4. The summed E-state index contributed by atoms with van der Waals surface area (Å²) in [7, 11) is 0. The highest BCUT2D eigenvalue weighted by molar-refractivity contribution is 5.83. The van der Waals surface area contributed by atoms with Crippen LogP contribution in [0.1, 0.15) is 79.6 Å². The first-order valence-electron chi connectivity index (χ1n) is 7.83. The lowest BCUT2D eigenvalue weighted by molar-refractivity contribution is -0.145. The van der Waals surface area contributed by atoms with Crippen molar-refractivity contribution < 1.29 is 9.53 Å². The van der Waals surface area contributed by atoms with Gasteiger partial charge >= 0.3 is 0 Å². The molecule has 0 saturated carbocycles. The molecule has 0 aromatic carbocycles. The van der Waals surface area contributed by atoms with Gasteiger partial charge in [-0.05, 0) is 31.1 Å². The first-order valence-corrected chi connectivity index (χ1v) is 7.83. The Morgan fingerprint density at radius 3 is 1.89 bits per heavy atom. The molecular formula is C16H33NO2. The number of primary amides is 1. The minimum absolute atomic E-state index is 0.329. The van der Waals surface area contributed by atoms with Crippen molar-refractivity contribution in [2.45, 2.75) is 85.2 Å². The topological polar surface area (TPSA) is 52.3 Å². The molecule has 0 rings (SSSR count). The predicted octanol–water partition coefficient (Wildman–Crippen LogP) is 4.04. The van der Waals surface area contributed by atoms with Crippen LogP contribution in [-0.2, 0) is 9.53 Å². The van der Waals surface area contributed by atoms with Crippen molar-refractivity contribution in [2.24, 2.45) is 11.1 Å². The van der Waals surface area contributed by atoms with Crippen molar-refractivity contribution in [3.05, 3.63) is 0 Å². The number of unbranched alkanes of at least 4 members (excludes halogenated alkanes) is 1. The Hall–Kier alpha value is -0.570. The summed E-state index contributed by atoms with van der Waals surface area (Å²) in [6.07, 6.45) is 7.14. The van der Waals surface area contributed by atoms with Crippen LogP contribution in [0.3, 0.4) is 0 Å². The van der Waals surface area contributed by atoms with Crippen molar-refractivity contribution in [3.63, 3.8) is 0 Å².